The van der Waals surface area contributed by atoms with E-state index in [1.807, 2.05) is 0 Å². The van der Waals surface area contributed by atoms with Crippen molar-refractivity contribution in [2.45, 2.75) is 168 Å². The number of hydrogen-bond acceptors (Lipinski definition) is 3. The van der Waals surface area contributed by atoms with Gasteiger partial charge in [0.1, 0.15) is 6.10 Å². The van der Waals surface area contributed by atoms with Gasteiger partial charge in [0.05, 0.1) is 0 Å². The second kappa shape index (κ2) is 29.7. The van der Waals surface area contributed by atoms with Gasteiger partial charge in [0.15, 0.2) is 0 Å². The monoisotopic (exact) mass is 532 g/mol. The highest BCUT2D eigenvalue weighted by Gasteiger charge is 2.12. The van der Waals surface area contributed by atoms with E-state index in [9.17, 15) is 9.59 Å². The molecule has 4 nitrogen and oxygen atoms in total. The van der Waals surface area contributed by atoms with Crippen molar-refractivity contribution in [2.24, 2.45) is 0 Å². The number of carboxylic acids is 1. The highest BCUT2D eigenvalue weighted by Crippen LogP contribution is 2.16. The van der Waals surface area contributed by atoms with Crippen LogP contribution in [0.5, 0.6) is 0 Å². The number of carbonyl (C=O) groups excluding carboxylic acids is 1. The molecular weight excluding hydrogens is 472 g/mol. The van der Waals surface area contributed by atoms with Crippen LogP contribution >= 0.6 is 0 Å². The molecule has 1 N–H and O–H groups in total. The Morgan fingerprint density at radius 2 is 1.08 bits per heavy atom. The molecule has 0 saturated heterocycles. The van der Waals surface area contributed by atoms with E-state index in [2.05, 4.69) is 50.3 Å². The van der Waals surface area contributed by atoms with Gasteiger partial charge in [0, 0.05) is 12.8 Å². The maximum Gasteiger partial charge on any atom is 0.306 e. The van der Waals surface area contributed by atoms with Crippen LogP contribution in [0.2, 0.25) is 0 Å². The average molecular weight is 533 g/mol. The van der Waals surface area contributed by atoms with Crippen molar-refractivity contribution in [3.63, 3.8) is 0 Å². The molecule has 0 saturated carbocycles. The first-order chi connectivity index (χ1) is 18.6. The van der Waals surface area contributed by atoms with E-state index in [4.69, 9.17) is 9.84 Å². The van der Waals surface area contributed by atoms with Crippen molar-refractivity contribution in [3.8, 4) is 0 Å². The molecule has 0 aliphatic heterocycles. The number of aliphatic carboxylic acids is 1. The number of esters is 1. The van der Waals surface area contributed by atoms with E-state index < -0.39 is 5.97 Å². The molecule has 0 aliphatic carbocycles. The molecule has 0 aromatic rings. The minimum atomic E-state index is -0.688. The average Bonchev–Trinajstić information content (AvgIpc) is 2.90. The van der Waals surface area contributed by atoms with Crippen LogP contribution in [0, 0.1) is 0 Å². The summed E-state index contributed by atoms with van der Waals surface area (Å²) in [6.45, 7) is 4.27. The molecule has 0 spiro atoms. The molecule has 1 atom stereocenters. The van der Waals surface area contributed by atoms with E-state index in [1.165, 1.54) is 64.2 Å². The van der Waals surface area contributed by atoms with Crippen molar-refractivity contribution in [1.82, 2.24) is 0 Å². The Kier molecular flexibility index (Phi) is 28.3. The van der Waals surface area contributed by atoms with Gasteiger partial charge in [-0.2, -0.15) is 0 Å². The SMILES string of the molecule is CC/C=C\C/C=C\C/C=C\CCCCCCCCCC(=O)OC(CC)CCCCCCCCCCC(=O)O. The molecular formula is C34H60O4. The fraction of sp³-hybridized carbons (Fsp3) is 0.765. The first-order valence-corrected chi connectivity index (χ1v) is 16.0. The third kappa shape index (κ3) is 28.7. The Balaban J connectivity index is 3.50. The molecule has 38 heavy (non-hydrogen) atoms. The highest BCUT2D eigenvalue weighted by atomic mass is 16.5. The van der Waals surface area contributed by atoms with Crippen LogP contribution in [-0.4, -0.2) is 23.1 Å². The van der Waals surface area contributed by atoms with E-state index in [1.54, 1.807) is 0 Å². The first kappa shape index (κ1) is 36.2. The number of carboxylic acid groups (broad SMARTS) is 1. The lowest BCUT2D eigenvalue weighted by atomic mass is 10.0. The van der Waals surface area contributed by atoms with Gasteiger partial charge in [-0.15, -0.1) is 0 Å². The molecule has 0 bridgehead atoms. The molecule has 0 aromatic heterocycles. The molecule has 0 amide bonds. The maximum atomic E-state index is 12.2. The Bertz CT molecular complexity index is 620. The van der Waals surface area contributed by atoms with Crippen LogP contribution in [0.15, 0.2) is 36.5 Å². The fourth-order valence-corrected chi connectivity index (χ4v) is 4.54. The third-order valence-electron chi connectivity index (χ3n) is 6.95. The summed E-state index contributed by atoms with van der Waals surface area (Å²) in [6.07, 6.45) is 38.0. The van der Waals surface area contributed by atoms with Crippen molar-refractivity contribution >= 4 is 11.9 Å². The normalized spacial score (nSPS) is 12.7. The summed E-state index contributed by atoms with van der Waals surface area (Å²) in [5.74, 6) is -0.704. The lowest BCUT2D eigenvalue weighted by molar-refractivity contribution is -0.149. The molecule has 1 unspecified atom stereocenters. The van der Waals surface area contributed by atoms with Gasteiger partial charge in [0.25, 0.3) is 0 Å². The minimum absolute atomic E-state index is 0.0164. The molecule has 0 heterocycles. The Morgan fingerprint density at radius 1 is 0.605 bits per heavy atom. The molecule has 0 aliphatic rings. The second-order valence-electron chi connectivity index (χ2n) is 10.6. The predicted octanol–water partition coefficient (Wildman–Crippen LogP) is 10.7. The van der Waals surface area contributed by atoms with Gasteiger partial charge >= 0.3 is 11.9 Å². The molecule has 220 valence electrons. The lowest BCUT2D eigenvalue weighted by Crippen LogP contribution is -2.17. The molecule has 4 heteroatoms. The third-order valence-corrected chi connectivity index (χ3v) is 6.95. The molecule has 0 rings (SSSR count). The smallest absolute Gasteiger partial charge is 0.306 e. The van der Waals surface area contributed by atoms with Crippen molar-refractivity contribution in [2.75, 3.05) is 0 Å². The largest absolute Gasteiger partial charge is 0.481 e. The van der Waals surface area contributed by atoms with Crippen LogP contribution in [0.3, 0.4) is 0 Å². The first-order valence-electron chi connectivity index (χ1n) is 16.0. The van der Waals surface area contributed by atoms with Gasteiger partial charge in [0.2, 0.25) is 0 Å². The van der Waals surface area contributed by atoms with Gasteiger partial charge in [-0.3, -0.25) is 9.59 Å². The number of rotatable bonds is 28. The van der Waals surface area contributed by atoms with E-state index >= 15 is 0 Å². The zero-order chi connectivity index (χ0) is 27.9. The number of carbonyl (C=O) groups is 2. The van der Waals surface area contributed by atoms with E-state index in [0.29, 0.717) is 12.8 Å². The number of ether oxygens (including phenoxy) is 1. The Hall–Kier alpha value is -1.84. The highest BCUT2D eigenvalue weighted by molar-refractivity contribution is 5.69. The maximum absolute atomic E-state index is 12.2. The van der Waals surface area contributed by atoms with Crippen LogP contribution in [0.25, 0.3) is 0 Å². The summed E-state index contributed by atoms with van der Waals surface area (Å²) in [5.41, 5.74) is 0. The summed E-state index contributed by atoms with van der Waals surface area (Å²) >= 11 is 0. The second-order valence-corrected chi connectivity index (χ2v) is 10.6. The van der Waals surface area contributed by atoms with Gasteiger partial charge < -0.3 is 9.84 Å². The standard InChI is InChI=1S/C34H60O4/c1-3-5-6-7-8-9-10-11-12-13-14-15-16-17-22-25-28-31-34(37)38-32(4-2)29-26-23-20-18-19-21-24-27-30-33(35)36/h5-6,8-9,11-12,32H,3-4,7,10,13-31H2,1-2H3,(H,35,36)/b6-5-,9-8-,12-11-. The van der Waals surface area contributed by atoms with Gasteiger partial charge in [-0.25, -0.2) is 0 Å². The fourth-order valence-electron chi connectivity index (χ4n) is 4.54. The minimum Gasteiger partial charge on any atom is -0.481 e. The molecule has 0 aromatic carbocycles. The van der Waals surface area contributed by atoms with Crippen LogP contribution < -0.4 is 0 Å². The zero-order valence-corrected chi connectivity index (χ0v) is 25.0. The molecule has 0 radical (unpaired) electrons. The summed E-state index contributed by atoms with van der Waals surface area (Å²) < 4.78 is 5.72. The zero-order valence-electron chi connectivity index (χ0n) is 25.0. The Labute approximate surface area is 235 Å². The summed E-state index contributed by atoms with van der Waals surface area (Å²) in [4.78, 5) is 22.7. The number of allylic oxidation sites excluding steroid dienone is 6. The van der Waals surface area contributed by atoms with E-state index in [-0.39, 0.29) is 12.1 Å². The lowest BCUT2D eigenvalue weighted by Gasteiger charge is -2.16. The summed E-state index contributed by atoms with van der Waals surface area (Å²) in [6, 6.07) is 0. The molecule has 0 fully saturated rings. The quantitative estimate of drug-likeness (QED) is 0.0618. The Morgan fingerprint density at radius 3 is 1.63 bits per heavy atom. The number of unbranched alkanes of at least 4 members (excludes halogenated alkanes) is 14. The van der Waals surface area contributed by atoms with Crippen LogP contribution in [0.4, 0.5) is 0 Å². The van der Waals surface area contributed by atoms with Crippen molar-refractivity contribution < 1.29 is 19.4 Å². The topological polar surface area (TPSA) is 63.6 Å². The number of hydrogen-bond donors (Lipinski definition) is 1. The predicted molar refractivity (Wildman–Crippen MR) is 162 cm³/mol. The van der Waals surface area contributed by atoms with E-state index in [0.717, 1.165) is 70.6 Å². The summed E-state index contributed by atoms with van der Waals surface area (Å²) in [5, 5.41) is 8.64. The van der Waals surface area contributed by atoms with Crippen molar-refractivity contribution in [1.29, 1.82) is 0 Å². The van der Waals surface area contributed by atoms with Crippen LogP contribution in [-0.2, 0) is 14.3 Å². The van der Waals surface area contributed by atoms with Gasteiger partial charge in [-0.1, -0.05) is 121 Å². The van der Waals surface area contributed by atoms with Gasteiger partial charge in [-0.05, 0) is 64.2 Å². The van der Waals surface area contributed by atoms with Crippen LogP contribution in [0.1, 0.15) is 162 Å². The van der Waals surface area contributed by atoms with Crippen molar-refractivity contribution in [3.05, 3.63) is 36.5 Å². The summed E-state index contributed by atoms with van der Waals surface area (Å²) in [7, 11) is 0.